The van der Waals surface area contributed by atoms with E-state index in [1.54, 1.807) is 0 Å². The van der Waals surface area contributed by atoms with Gasteiger partial charge in [0.05, 0.1) is 17.0 Å². The molecule has 0 fully saturated rings. The summed E-state index contributed by atoms with van der Waals surface area (Å²) in [6.45, 7) is 0.502. The van der Waals surface area contributed by atoms with Crippen molar-refractivity contribution >= 4 is 23.1 Å². The van der Waals surface area contributed by atoms with Crippen molar-refractivity contribution in [1.29, 1.82) is 0 Å². The molecule has 0 bridgehead atoms. The molecule has 1 amide bonds. The Morgan fingerprint density at radius 3 is 2.33 bits per heavy atom. The van der Waals surface area contributed by atoms with Crippen molar-refractivity contribution in [3.63, 3.8) is 0 Å². The molecule has 7 heteroatoms. The van der Waals surface area contributed by atoms with E-state index in [2.05, 4.69) is 5.32 Å². The maximum atomic E-state index is 12.4. The number of carbonyl (C=O) groups is 1. The predicted octanol–water partition coefficient (Wildman–Crippen LogP) is 2.82. The Morgan fingerprint density at radius 1 is 1.19 bits per heavy atom. The lowest BCUT2D eigenvalue weighted by atomic mass is 10.1. The van der Waals surface area contributed by atoms with Crippen LogP contribution in [0.4, 0.5) is 13.2 Å². The number of nitrogens with one attached hydrogen (secondary N) is 1. The van der Waals surface area contributed by atoms with Crippen molar-refractivity contribution in [2.45, 2.75) is 31.9 Å². The molecule has 0 saturated heterocycles. The first-order valence-corrected chi connectivity index (χ1v) is 6.91. The number of halogens is 3. The summed E-state index contributed by atoms with van der Waals surface area (Å²) in [6.07, 6.45) is -2.09. The van der Waals surface area contributed by atoms with Crippen LogP contribution in [0.2, 0.25) is 0 Å². The molecule has 0 unspecified atom stereocenters. The number of carbonyl (C=O) groups excluding carboxylic acids is 1. The molecule has 0 aliphatic carbocycles. The number of thiocarbonyl (C=S) groups is 1. The smallest absolute Gasteiger partial charge is 0.393 e. The summed E-state index contributed by atoms with van der Waals surface area (Å²) in [5.74, 6) is -0.218. The highest BCUT2D eigenvalue weighted by Gasteiger charge is 2.29. The molecule has 1 aromatic rings. The van der Waals surface area contributed by atoms with E-state index in [0.29, 0.717) is 23.5 Å². The second-order valence-electron chi connectivity index (χ2n) is 4.64. The van der Waals surface area contributed by atoms with Crippen LogP contribution in [-0.4, -0.2) is 17.4 Å². The molecule has 3 nitrogen and oxygen atoms in total. The molecule has 1 rings (SSSR count). The van der Waals surface area contributed by atoms with Gasteiger partial charge in [-0.25, -0.2) is 0 Å². The normalized spacial score (nSPS) is 11.2. The maximum Gasteiger partial charge on any atom is 0.416 e. The van der Waals surface area contributed by atoms with Crippen molar-refractivity contribution in [2.24, 2.45) is 5.73 Å². The Bertz CT molecular complexity index is 486. The maximum absolute atomic E-state index is 12.4. The average molecular weight is 318 g/mol. The van der Waals surface area contributed by atoms with E-state index in [1.165, 1.54) is 12.1 Å². The molecule has 116 valence electrons. The number of benzene rings is 1. The summed E-state index contributed by atoms with van der Waals surface area (Å²) in [6, 6.07) is 4.58. The molecule has 1 aromatic carbocycles. The fourth-order valence-electron chi connectivity index (χ4n) is 1.71. The minimum Gasteiger partial charge on any atom is -0.393 e. The Balaban J connectivity index is 2.33. The molecule has 0 radical (unpaired) electrons. The van der Waals surface area contributed by atoms with Gasteiger partial charge in [0.15, 0.2) is 0 Å². The second kappa shape index (κ2) is 7.97. The topological polar surface area (TPSA) is 55.1 Å². The minimum atomic E-state index is -4.36. The van der Waals surface area contributed by atoms with E-state index in [1.807, 2.05) is 0 Å². The Kier molecular flexibility index (Phi) is 6.61. The van der Waals surface area contributed by atoms with Crippen molar-refractivity contribution < 1.29 is 18.0 Å². The van der Waals surface area contributed by atoms with Gasteiger partial charge in [-0.2, -0.15) is 13.2 Å². The highest BCUT2D eigenvalue weighted by Crippen LogP contribution is 2.29. The van der Waals surface area contributed by atoms with Gasteiger partial charge in [-0.05, 0) is 37.0 Å². The molecule has 0 saturated carbocycles. The first-order valence-electron chi connectivity index (χ1n) is 6.50. The molecule has 0 spiro atoms. The first kappa shape index (κ1) is 17.4. The SMILES string of the molecule is NC(=S)CCCCNC(=O)Cc1ccc(C(F)(F)F)cc1. The van der Waals surface area contributed by atoms with Gasteiger partial charge in [0.1, 0.15) is 0 Å². The third kappa shape index (κ3) is 7.08. The van der Waals surface area contributed by atoms with Crippen molar-refractivity contribution in [3.8, 4) is 0 Å². The number of hydrogen-bond donors (Lipinski definition) is 2. The lowest BCUT2D eigenvalue weighted by molar-refractivity contribution is -0.137. The van der Waals surface area contributed by atoms with Crippen molar-refractivity contribution in [1.82, 2.24) is 5.32 Å². The molecule has 3 N–H and O–H groups in total. The van der Waals surface area contributed by atoms with Crippen LogP contribution in [0.25, 0.3) is 0 Å². The van der Waals surface area contributed by atoms with Crippen LogP contribution >= 0.6 is 12.2 Å². The van der Waals surface area contributed by atoms with Crippen LogP contribution in [0.15, 0.2) is 24.3 Å². The number of rotatable bonds is 7. The zero-order valence-corrected chi connectivity index (χ0v) is 12.2. The van der Waals surface area contributed by atoms with Gasteiger partial charge in [-0.15, -0.1) is 0 Å². The fourth-order valence-corrected chi connectivity index (χ4v) is 1.86. The third-order valence-corrected chi connectivity index (χ3v) is 3.02. The van der Waals surface area contributed by atoms with Crippen molar-refractivity contribution in [3.05, 3.63) is 35.4 Å². The van der Waals surface area contributed by atoms with Crippen LogP contribution < -0.4 is 11.1 Å². The number of nitrogens with two attached hydrogens (primary N) is 1. The van der Waals surface area contributed by atoms with Crippen LogP contribution in [0.5, 0.6) is 0 Å². The number of hydrogen-bond acceptors (Lipinski definition) is 2. The number of alkyl halides is 3. The molecule has 0 heterocycles. The summed E-state index contributed by atoms with van der Waals surface area (Å²) < 4.78 is 37.1. The van der Waals surface area contributed by atoms with Crippen LogP contribution in [-0.2, 0) is 17.4 Å². The molecule has 0 aliphatic rings. The summed E-state index contributed by atoms with van der Waals surface area (Å²) in [5, 5.41) is 2.70. The monoisotopic (exact) mass is 318 g/mol. The highest BCUT2D eigenvalue weighted by atomic mass is 32.1. The summed E-state index contributed by atoms with van der Waals surface area (Å²) >= 11 is 4.73. The van der Waals surface area contributed by atoms with Crippen LogP contribution in [0, 0.1) is 0 Å². The van der Waals surface area contributed by atoms with E-state index in [-0.39, 0.29) is 12.3 Å². The first-order chi connectivity index (χ1) is 9.79. The molecule has 0 aliphatic heterocycles. The molecule has 0 atom stereocenters. The largest absolute Gasteiger partial charge is 0.416 e. The summed E-state index contributed by atoms with van der Waals surface area (Å²) in [5.41, 5.74) is 5.17. The Hall–Kier alpha value is -1.63. The quantitative estimate of drug-likeness (QED) is 0.600. The van der Waals surface area contributed by atoms with Gasteiger partial charge >= 0.3 is 6.18 Å². The lowest BCUT2D eigenvalue weighted by Crippen LogP contribution is -2.26. The zero-order valence-electron chi connectivity index (χ0n) is 11.4. The lowest BCUT2D eigenvalue weighted by Gasteiger charge is -2.08. The fraction of sp³-hybridized carbons (Fsp3) is 0.429. The van der Waals surface area contributed by atoms with E-state index in [0.717, 1.165) is 25.0 Å². The van der Waals surface area contributed by atoms with Crippen LogP contribution in [0.1, 0.15) is 30.4 Å². The van der Waals surface area contributed by atoms with E-state index in [4.69, 9.17) is 18.0 Å². The van der Waals surface area contributed by atoms with Gasteiger partial charge in [0.2, 0.25) is 5.91 Å². The van der Waals surface area contributed by atoms with Crippen molar-refractivity contribution in [2.75, 3.05) is 6.54 Å². The predicted molar refractivity (Wildman–Crippen MR) is 78.8 cm³/mol. The van der Waals surface area contributed by atoms with Gasteiger partial charge in [-0.3, -0.25) is 4.79 Å². The number of amides is 1. The van der Waals surface area contributed by atoms with Gasteiger partial charge in [0.25, 0.3) is 0 Å². The van der Waals surface area contributed by atoms with E-state index in [9.17, 15) is 18.0 Å². The van der Waals surface area contributed by atoms with Crippen LogP contribution in [0.3, 0.4) is 0 Å². The molecule has 21 heavy (non-hydrogen) atoms. The van der Waals surface area contributed by atoms with Gasteiger partial charge < -0.3 is 11.1 Å². The second-order valence-corrected chi connectivity index (χ2v) is 5.17. The standard InChI is InChI=1S/C14H17F3N2OS/c15-14(16,17)11-6-4-10(5-7-11)9-13(20)19-8-2-1-3-12(18)21/h4-7H,1-3,8-9H2,(H2,18,21)(H,19,20). The highest BCUT2D eigenvalue weighted by molar-refractivity contribution is 7.80. The summed E-state index contributed by atoms with van der Waals surface area (Å²) in [7, 11) is 0. The average Bonchev–Trinajstić information content (AvgIpc) is 2.37. The van der Waals surface area contributed by atoms with E-state index < -0.39 is 11.7 Å². The molecular formula is C14H17F3N2OS. The zero-order chi connectivity index (χ0) is 15.9. The van der Waals surface area contributed by atoms with Gasteiger partial charge in [-0.1, -0.05) is 24.4 Å². The third-order valence-electron chi connectivity index (χ3n) is 2.82. The Labute approximate surface area is 126 Å². The minimum absolute atomic E-state index is 0.0629. The molecule has 0 aromatic heterocycles. The Morgan fingerprint density at radius 2 is 1.81 bits per heavy atom. The number of unbranched alkanes of at least 4 members (excludes halogenated alkanes) is 1. The van der Waals surface area contributed by atoms with Gasteiger partial charge in [0, 0.05) is 6.54 Å². The summed E-state index contributed by atoms with van der Waals surface area (Å²) in [4.78, 5) is 12.1. The van der Waals surface area contributed by atoms with E-state index >= 15 is 0 Å². The molecular weight excluding hydrogens is 301 g/mol.